The van der Waals surface area contributed by atoms with Crippen LogP contribution in [0.3, 0.4) is 0 Å². The molecule has 0 aliphatic carbocycles. The Morgan fingerprint density at radius 3 is 2.89 bits per heavy atom. The lowest BCUT2D eigenvalue weighted by molar-refractivity contribution is 0.112. The summed E-state index contributed by atoms with van der Waals surface area (Å²) in [5.74, 6) is 0.334. The Labute approximate surface area is 109 Å². The van der Waals surface area contributed by atoms with E-state index in [9.17, 15) is 4.79 Å². The van der Waals surface area contributed by atoms with Crippen LogP contribution in [0.4, 0.5) is 5.82 Å². The van der Waals surface area contributed by atoms with Crippen molar-refractivity contribution >= 4 is 40.9 Å². The molecule has 0 aromatic carbocycles. The van der Waals surface area contributed by atoms with Crippen molar-refractivity contribution in [2.45, 2.75) is 0 Å². The number of carbonyl (C=O) groups excluding carboxylic acids is 1. The smallest absolute Gasteiger partial charge is 0.164 e. The lowest BCUT2D eigenvalue weighted by Crippen LogP contribution is -2.07. The van der Waals surface area contributed by atoms with Gasteiger partial charge < -0.3 is 4.90 Å². The van der Waals surface area contributed by atoms with E-state index in [-0.39, 0.29) is 0 Å². The van der Waals surface area contributed by atoms with E-state index in [4.69, 9.17) is 11.6 Å². The average molecular weight is 263 g/mol. The van der Waals surface area contributed by atoms with Crippen molar-refractivity contribution in [1.82, 2.24) is 14.9 Å². The molecule has 0 amide bonds. The van der Waals surface area contributed by atoms with Crippen LogP contribution in [0, 0.1) is 0 Å². The van der Waals surface area contributed by atoms with Crippen LogP contribution in [0.2, 0.25) is 5.15 Å². The molecule has 0 saturated heterocycles. The van der Waals surface area contributed by atoms with Crippen LogP contribution >= 0.6 is 11.6 Å². The molecule has 18 heavy (non-hydrogen) atoms. The first kappa shape index (κ1) is 12.4. The summed E-state index contributed by atoms with van der Waals surface area (Å²) >= 11 is 5.96. The molecule has 2 aromatic rings. The van der Waals surface area contributed by atoms with Crippen LogP contribution in [0.5, 0.6) is 0 Å². The molecule has 0 radical (unpaired) electrons. The zero-order chi connectivity index (χ0) is 13.1. The number of fused-ring (bicyclic) bond motifs is 1. The fraction of sp³-hybridized carbons (Fsp3) is 0.167. The van der Waals surface area contributed by atoms with Gasteiger partial charge in [0.25, 0.3) is 0 Å². The molecule has 0 fully saturated rings. The minimum absolute atomic E-state index is 0.297. The van der Waals surface area contributed by atoms with Gasteiger partial charge in [-0.3, -0.25) is 4.79 Å². The van der Waals surface area contributed by atoms with Gasteiger partial charge in [-0.1, -0.05) is 11.6 Å². The molecular formula is C12H11ClN4O. The van der Waals surface area contributed by atoms with Crippen molar-refractivity contribution in [3.8, 4) is 0 Å². The quantitative estimate of drug-likeness (QED) is 0.369. The fourth-order valence-electron chi connectivity index (χ4n) is 1.43. The fourth-order valence-corrected chi connectivity index (χ4v) is 1.64. The molecule has 0 aliphatic heterocycles. The molecule has 5 nitrogen and oxygen atoms in total. The normalized spacial score (nSPS) is 11.1. The van der Waals surface area contributed by atoms with Crippen molar-refractivity contribution in [2.75, 3.05) is 14.1 Å². The second kappa shape index (κ2) is 5.10. The molecule has 0 bridgehead atoms. The van der Waals surface area contributed by atoms with Crippen LogP contribution in [-0.4, -0.2) is 41.6 Å². The van der Waals surface area contributed by atoms with Crippen LogP contribution in [0.15, 0.2) is 23.3 Å². The van der Waals surface area contributed by atoms with Gasteiger partial charge in [-0.25, -0.2) is 15.0 Å². The monoisotopic (exact) mass is 262 g/mol. The summed E-state index contributed by atoms with van der Waals surface area (Å²) in [6.07, 6.45) is 3.87. The minimum Gasteiger partial charge on any atom is -0.369 e. The first-order valence-electron chi connectivity index (χ1n) is 5.23. The van der Waals surface area contributed by atoms with Crippen LogP contribution in [0.1, 0.15) is 10.4 Å². The van der Waals surface area contributed by atoms with Gasteiger partial charge in [-0.05, 0) is 12.1 Å². The molecule has 92 valence electrons. The number of hydrogen-bond acceptors (Lipinski definition) is 4. The van der Waals surface area contributed by atoms with Gasteiger partial charge in [0, 0.05) is 25.7 Å². The second-order valence-corrected chi connectivity index (χ2v) is 4.26. The zero-order valence-corrected chi connectivity index (χ0v) is 10.7. The predicted molar refractivity (Wildman–Crippen MR) is 71.8 cm³/mol. The summed E-state index contributed by atoms with van der Waals surface area (Å²) in [4.78, 5) is 25.1. The van der Waals surface area contributed by atoms with E-state index < -0.39 is 0 Å². The van der Waals surface area contributed by atoms with Gasteiger partial charge in [0.15, 0.2) is 17.3 Å². The third-order valence-electron chi connectivity index (χ3n) is 2.24. The topological polar surface area (TPSA) is 58.5 Å². The van der Waals surface area contributed by atoms with Gasteiger partial charge in [0.2, 0.25) is 0 Å². The Kier molecular flexibility index (Phi) is 3.53. The maximum Gasteiger partial charge on any atom is 0.164 e. The highest BCUT2D eigenvalue weighted by Crippen LogP contribution is 2.24. The van der Waals surface area contributed by atoms with Gasteiger partial charge in [0.1, 0.15) is 5.52 Å². The van der Waals surface area contributed by atoms with E-state index in [0.717, 1.165) is 11.7 Å². The highest BCUT2D eigenvalue weighted by atomic mass is 35.5. The molecule has 0 N–H and O–H groups in total. The number of rotatable bonds is 3. The summed E-state index contributed by atoms with van der Waals surface area (Å²) in [5.41, 5.74) is 0.957. The first-order chi connectivity index (χ1) is 8.61. The Bertz CT molecular complexity index is 625. The van der Waals surface area contributed by atoms with E-state index >= 15 is 0 Å². The number of aromatic nitrogens is 2. The van der Waals surface area contributed by atoms with Crippen molar-refractivity contribution < 1.29 is 4.79 Å². The number of hydrogen-bond donors (Lipinski definition) is 0. The van der Waals surface area contributed by atoms with Crippen LogP contribution in [0.25, 0.3) is 10.9 Å². The summed E-state index contributed by atoms with van der Waals surface area (Å²) in [7, 11) is 3.67. The molecule has 0 saturated carbocycles. The minimum atomic E-state index is 0.297. The summed E-state index contributed by atoms with van der Waals surface area (Å²) in [5, 5.41) is 1.06. The number of aldehydes is 1. The third kappa shape index (κ3) is 2.46. The average Bonchev–Trinajstić information content (AvgIpc) is 2.36. The van der Waals surface area contributed by atoms with E-state index in [1.807, 2.05) is 14.1 Å². The Balaban J connectivity index is 2.64. The molecule has 0 spiro atoms. The van der Waals surface area contributed by atoms with E-state index in [2.05, 4.69) is 15.0 Å². The Hall–Kier alpha value is -2.01. The Morgan fingerprint density at radius 1 is 1.44 bits per heavy atom. The van der Waals surface area contributed by atoms with Crippen molar-refractivity contribution in [3.63, 3.8) is 0 Å². The summed E-state index contributed by atoms with van der Waals surface area (Å²) in [6.45, 7) is 0. The number of carbonyl (C=O) groups is 1. The number of nitrogens with zero attached hydrogens (tertiary/aromatic N) is 4. The molecule has 0 aliphatic rings. The van der Waals surface area contributed by atoms with E-state index in [0.29, 0.717) is 22.1 Å². The molecule has 0 unspecified atom stereocenters. The molecule has 0 atom stereocenters. The molecule has 2 heterocycles. The molecular weight excluding hydrogens is 252 g/mol. The van der Waals surface area contributed by atoms with Crippen molar-refractivity contribution in [1.29, 1.82) is 0 Å². The zero-order valence-electron chi connectivity index (χ0n) is 9.96. The number of halogens is 1. The highest BCUT2D eigenvalue weighted by Gasteiger charge is 2.08. The maximum atomic E-state index is 11.0. The van der Waals surface area contributed by atoms with Gasteiger partial charge in [0.05, 0.1) is 11.9 Å². The summed E-state index contributed by atoms with van der Waals surface area (Å²) < 4.78 is 0. The van der Waals surface area contributed by atoms with Gasteiger partial charge in [-0.15, -0.1) is 0 Å². The van der Waals surface area contributed by atoms with E-state index in [1.54, 1.807) is 29.6 Å². The lowest BCUT2D eigenvalue weighted by Gasteiger charge is -2.05. The standard InChI is InChI=1S/C12H11ClN4O/c1-17(2)7-15-12-9(6-18)5-8-3-4-14-11(13)10(8)16-12/h3-7H,1-2H3/b15-7+. The van der Waals surface area contributed by atoms with Crippen molar-refractivity contribution in [2.24, 2.45) is 4.99 Å². The lowest BCUT2D eigenvalue weighted by atomic mass is 10.2. The second-order valence-electron chi connectivity index (χ2n) is 3.90. The Morgan fingerprint density at radius 2 is 2.22 bits per heavy atom. The van der Waals surface area contributed by atoms with Gasteiger partial charge in [-0.2, -0.15) is 0 Å². The molecule has 2 rings (SSSR count). The van der Waals surface area contributed by atoms with Crippen molar-refractivity contribution in [3.05, 3.63) is 29.0 Å². The predicted octanol–water partition coefficient (Wildman–Crippen LogP) is 2.32. The first-order valence-corrected chi connectivity index (χ1v) is 5.60. The number of pyridine rings is 2. The SMILES string of the molecule is CN(C)/C=N/c1nc2c(Cl)nccc2cc1C=O. The molecule has 2 aromatic heterocycles. The third-order valence-corrected chi connectivity index (χ3v) is 2.51. The molecule has 6 heteroatoms. The maximum absolute atomic E-state index is 11.0. The highest BCUT2D eigenvalue weighted by molar-refractivity contribution is 6.33. The van der Waals surface area contributed by atoms with Crippen LogP contribution in [-0.2, 0) is 0 Å². The van der Waals surface area contributed by atoms with Gasteiger partial charge >= 0.3 is 0 Å². The largest absolute Gasteiger partial charge is 0.369 e. The summed E-state index contributed by atoms with van der Waals surface area (Å²) in [6, 6.07) is 3.45. The van der Waals surface area contributed by atoms with Crippen LogP contribution < -0.4 is 0 Å². The van der Waals surface area contributed by atoms with E-state index in [1.165, 1.54) is 0 Å². The number of aliphatic imine (C=N–C) groups is 1.